The van der Waals surface area contributed by atoms with E-state index in [1.807, 2.05) is 11.8 Å². The molecule has 2 saturated heterocycles. The van der Waals surface area contributed by atoms with Crippen molar-refractivity contribution < 1.29 is 14.2 Å². The van der Waals surface area contributed by atoms with E-state index in [2.05, 4.69) is 4.98 Å². The SMILES string of the molecule is CC(O)(c1ccc(F)cn1)C1CCOC2(CCSCC2)C1. The second kappa shape index (κ2) is 5.86. The summed E-state index contributed by atoms with van der Waals surface area (Å²) in [6.45, 7) is 2.49. The topological polar surface area (TPSA) is 42.4 Å². The van der Waals surface area contributed by atoms with E-state index in [-0.39, 0.29) is 17.3 Å². The van der Waals surface area contributed by atoms with E-state index < -0.39 is 5.60 Å². The minimum Gasteiger partial charge on any atom is -0.384 e. The van der Waals surface area contributed by atoms with Crippen molar-refractivity contribution in [2.75, 3.05) is 18.1 Å². The second-order valence-corrected chi connectivity index (χ2v) is 7.57. The maximum absolute atomic E-state index is 13.0. The fraction of sp³-hybridized carbons (Fsp3) is 0.688. The van der Waals surface area contributed by atoms with E-state index >= 15 is 0 Å². The molecule has 1 aromatic rings. The van der Waals surface area contributed by atoms with Gasteiger partial charge >= 0.3 is 0 Å². The first kappa shape index (κ1) is 15.3. The highest BCUT2D eigenvalue weighted by Gasteiger charge is 2.45. The summed E-state index contributed by atoms with van der Waals surface area (Å²) in [6, 6.07) is 2.96. The van der Waals surface area contributed by atoms with Crippen LogP contribution in [-0.4, -0.2) is 33.8 Å². The van der Waals surface area contributed by atoms with Crippen LogP contribution in [0.4, 0.5) is 4.39 Å². The van der Waals surface area contributed by atoms with Gasteiger partial charge in [0.2, 0.25) is 0 Å². The molecule has 116 valence electrons. The quantitative estimate of drug-likeness (QED) is 0.911. The van der Waals surface area contributed by atoms with Gasteiger partial charge in [0.15, 0.2) is 0 Å². The van der Waals surface area contributed by atoms with Crippen LogP contribution in [0.25, 0.3) is 0 Å². The highest BCUT2D eigenvalue weighted by Crippen LogP contribution is 2.45. The number of hydrogen-bond acceptors (Lipinski definition) is 4. The number of halogens is 1. The number of thioether (sulfide) groups is 1. The maximum Gasteiger partial charge on any atom is 0.141 e. The number of nitrogens with zero attached hydrogens (tertiary/aromatic N) is 1. The molecule has 3 nitrogen and oxygen atoms in total. The molecule has 2 aliphatic heterocycles. The lowest BCUT2D eigenvalue weighted by Crippen LogP contribution is -2.48. The van der Waals surface area contributed by atoms with Crippen molar-refractivity contribution in [2.24, 2.45) is 5.92 Å². The summed E-state index contributed by atoms with van der Waals surface area (Å²) in [6.07, 6.45) is 4.97. The van der Waals surface area contributed by atoms with Gasteiger partial charge in [0.1, 0.15) is 11.4 Å². The lowest BCUT2D eigenvalue weighted by atomic mass is 9.73. The fourth-order valence-electron chi connectivity index (χ4n) is 3.48. The highest BCUT2D eigenvalue weighted by atomic mass is 32.2. The standard InChI is InChI=1S/C16H22FNO2S/c1-15(19,14-3-2-13(17)11-18-14)12-4-7-20-16(10-12)5-8-21-9-6-16/h2-3,11-12,19H,4-10H2,1H3. The van der Waals surface area contributed by atoms with Crippen molar-refractivity contribution in [1.82, 2.24) is 4.98 Å². The third-order valence-electron chi connectivity index (χ3n) is 4.94. The first-order valence-corrected chi connectivity index (χ1v) is 8.73. The van der Waals surface area contributed by atoms with Crippen molar-refractivity contribution in [3.05, 3.63) is 29.8 Å². The van der Waals surface area contributed by atoms with Crippen LogP contribution in [0.2, 0.25) is 0 Å². The van der Waals surface area contributed by atoms with Crippen molar-refractivity contribution >= 4 is 11.8 Å². The summed E-state index contributed by atoms with van der Waals surface area (Å²) >= 11 is 1.97. The van der Waals surface area contributed by atoms with Gasteiger partial charge in [-0.05, 0) is 62.2 Å². The van der Waals surface area contributed by atoms with Gasteiger partial charge in [-0.2, -0.15) is 11.8 Å². The normalized spacial score (nSPS) is 28.2. The molecule has 1 N–H and O–H groups in total. The molecule has 2 aliphatic rings. The molecule has 5 heteroatoms. The first-order chi connectivity index (χ1) is 10.0. The molecule has 2 fully saturated rings. The summed E-state index contributed by atoms with van der Waals surface area (Å²) in [5, 5.41) is 11.0. The Morgan fingerprint density at radius 3 is 2.86 bits per heavy atom. The Morgan fingerprint density at radius 2 is 2.19 bits per heavy atom. The molecule has 3 rings (SSSR count). The Bertz CT molecular complexity index is 480. The van der Waals surface area contributed by atoms with Crippen molar-refractivity contribution in [2.45, 2.75) is 43.8 Å². The van der Waals surface area contributed by atoms with Crippen LogP contribution in [0.15, 0.2) is 18.3 Å². The average molecular weight is 311 g/mol. The van der Waals surface area contributed by atoms with Gasteiger partial charge in [0.05, 0.1) is 17.5 Å². The monoisotopic (exact) mass is 311 g/mol. The molecule has 21 heavy (non-hydrogen) atoms. The lowest BCUT2D eigenvalue weighted by Gasteiger charge is -2.47. The number of pyridine rings is 1. The number of rotatable bonds is 2. The van der Waals surface area contributed by atoms with Crippen LogP contribution >= 0.6 is 11.8 Å². The van der Waals surface area contributed by atoms with Gasteiger partial charge in [-0.1, -0.05) is 0 Å². The van der Waals surface area contributed by atoms with E-state index in [9.17, 15) is 9.50 Å². The summed E-state index contributed by atoms with van der Waals surface area (Å²) in [4.78, 5) is 4.09. The summed E-state index contributed by atoms with van der Waals surface area (Å²) in [5.41, 5.74) is -0.552. The van der Waals surface area contributed by atoms with Gasteiger partial charge in [0, 0.05) is 6.61 Å². The zero-order chi connectivity index (χ0) is 14.9. The van der Waals surface area contributed by atoms with Crippen LogP contribution in [0.1, 0.15) is 38.3 Å². The molecule has 0 saturated carbocycles. The largest absolute Gasteiger partial charge is 0.384 e. The van der Waals surface area contributed by atoms with Gasteiger partial charge in [-0.3, -0.25) is 4.98 Å². The average Bonchev–Trinajstić information content (AvgIpc) is 2.48. The molecule has 0 aromatic carbocycles. The Kier molecular flexibility index (Phi) is 4.26. The summed E-state index contributed by atoms with van der Waals surface area (Å²) in [7, 11) is 0. The van der Waals surface area contributed by atoms with Gasteiger partial charge < -0.3 is 9.84 Å². The molecule has 1 aromatic heterocycles. The number of ether oxygens (including phenoxy) is 1. The number of aromatic nitrogens is 1. The molecule has 0 radical (unpaired) electrons. The van der Waals surface area contributed by atoms with E-state index in [4.69, 9.17) is 4.74 Å². The number of aliphatic hydroxyl groups is 1. The predicted molar refractivity (Wildman–Crippen MR) is 81.7 cm³/mol. The zero-order valence-corrected chi connectivity index (χ0v) is 13.2. The van der Waals surface area contributed by atoms with E-state index in [1.54, 1.807) is 13.0 Å². The van der Waals surface area contributed by atoms with Crippen LogP contribution in [-0.2, 0) is 10.3 Å². The van der Waals surface area contributed by atoms with E-state index in [1.165, 1.54) is 12.3 Å². The Morgan fingerprint density at radius 1 is 1.43 bits per heavy atom. The third-order valence-corrected chi connectivity index (χ3v) is 5.92. The Labute approximate surface area is 129 Å². The van der Waals surface area contributed by atoms with Crippen LogP contribution in [0.3, 0.4) is 0 Å². The van der Waals surface area contributed by atoms with Crippen molar-refractivity contribution in [1.29, 1.82) is 0 Å². The third kappa shape index (κ3) is 3.10. The van der Waals surface area contributed by atoms with Gasteiger partial charge in [-0.15, -0.1) is 0 Å². The highest BCUT2D eigenvalue weighted by molar-refractivity contribution is 7.99. The smallest absolute Gasteiger partial charge is 0.141 e. The predicted octanol–water partition coefficient (Wildman–Crippen LogP) is 3.12. The zero-order valence-electron chi connectivity index (χ0n) is 12.3. The second-order valence-electron chi connectivity index (χ2n) is 6.34. The van der Waals surface area contributed by atoms with Gasteiger partial charge in [0.25, 0.3) is 0 Å². The van der Waals surface area contributed by atoms with E-state index in [0.29, 0.717) is 12.3 Å². The summed E-state index contributed by atoms with van der Waals surface area (Å²) in [5.74, 6) is 1.99. The summed E-state index contributed by atoms with van der Waals surface area (Å²) < 4.78 is 19.1. The molecular weight excluding hydrogens is 289 g/mol. The molecule has 2 atom stereocenters. The minimum atomic E-state index is -1.03. The van der Waals surface area contributed by atoms with Crippen LogP contribution in [0, 0.1) is 11.7 Å². The van der Waals surface area contributed by atoms with Crippen molar-refractivity contribution in [3.8, 4) is 0 Å². The van der Waals surface area contributed by atoms with E-state index in [0.717, 1.165) is 37.2 Å². The van der Waals surface area contributed by atoms with Crippen molar-refractivity contribution in [3.63, 3.8) is 0 Å². The first-order valence-electron chi connectivity index (χ1n) is 7.58. The van der Waals surface area contributed by atoms with Gasteiger partial charge in [-0.25, -0.2) is 4.39 Å². The molecule has 3 heterocycles. The molecule has 1 spiro atoms. The minimum absolute atomic E-state index is 0.0712. The van der Waals surface area contributed by atoms with Crippen LogP contribution < -0.4 is 0 Å². The fourth-order valence-corrected chi connectivity index (χ4v) is 4.72. The molecule has 0 amide bonds. The molecular formula is C16H22FNO2S. The molecule has 0 bridgehead atoms. The molecule has 0 aliphatic carbocycles. The molecule has 2 unspecified atom stereocenters. The number of hydrogen-bond donors (Lipinski definition) is 1. The van der Waals surface area contributed by atoms with Crippen LogP contribution in [0.5, 0.6) is 0 Å². The lowest BCUT2D eigenvalue weighted by molar-refractivity contribution is -0.145. The Balaban J connectivity index is 1.79. The Hall–Kier alpha value is -0.650. The maximum atomic E-state index is 13.0.